The topological polar surface area (TPSA) is 0 Å². The average molecular weight is 515 g/mol. The van der Waals surface area contributed by atoms with Crippen LogP contribution < -0.4 is 24.8 Å². The first-order chi connectivity index (χ1) is 13.5. The van der Waals surface area contributed by atoms with Crippen molar-refractivity contribution < 1.29 is 46.1 Å². The van der Waals surface area contributed by atoms with Gasteiger partial charge < -0.3 is 24.8 Å². The SMILES string of the molecule is CC1=CC(C)=[C]([Zr+2]([C]2=C(C)C=C(C)C2)=[C](c2ccccc2)c2ccccc2)C1.[Cl-].[Cl-]. The van der Waals surface area contributed by atoms with Gasteiger partial charge in [-0.15, -0.1) is 0 Å². The summed E-state index contributed by atoms with van der Waals surface area (Å²) in [5.74, 6) is 0. The molecule has 3 heteroatoms. The second kappa shape index (κ2) is 10.9. The van der Waals surface area contributed by atoms with Crippen LogP contribution in [0.3, 0.4) is 0 Å². The molecule has 0 nitrogen and oxygen atoms in total. The molecule has 30 heavy (non-hydrogen) atoms. The van der Waals surface area contributed by atoms with E-state index >= 15 is 0 Å². The maximum Gasteiger partial charge on any atom is -1.00 e. The van der Waals surface area contributed by atoms with Crippen molar-refractivity contribution in [2.45, 2.75) is 40.5 Å². The standard InChI is InChI=1S/C13H10.2C7H9.2ClH.Zr/c1-3-7-12(8-4-1)11-13-9-5-2-6-10-13;2*1-6-3-4-7(2)5-6;;;/h1-10H;2*5H,3H2,1-2H3;2*1H;/q;;;;;+2/p-2. The smallest absolute Gasteiger partial charge is 1.00 e. The van der Waals surface area contributed by atoms with E-state index in [2.05, 4.69) is 101 Å². The molecule has 0 radical (unpaired) electrons. The molecule has 0 N–H and O–H groups in total. The molecule has 2 aromatic carbocycles. The molecule has 0 fully saturated rings. The van der Waals surface area contributed by atoms with Crippen molar-refractivity contribution in [2.75, 3.05) is 0 Å². The molecule has 2 aliphatic rings. The Kier molecular flexibility index (Phi) is 9.04. The van der Waals surface area contributed by atoms with Gasteiger partial charge in [-0.3, -0.25) is 0 Å². The number of rotatable bonds is 4. The molecule has 0 saturated heterocycles. The maximum absolute atomic E-state index is 2.43. The third-order valence-electron chi connectivity index (χ3n) is 5.77. The zero-order valence-electron chi connectivity index (χ0n) is 18.1. The van der Waals surface area contributed by atoms with Gasteiger partial charge in [-0.1, -0.05) is 0 Å². The number of hydrogen-bond acceptors (Lipinski definition) is 0. The van der Waals surface area contributed by atoms with E-state index in [4.69, 9.17) is 0 Å². The Hall–Kier alpha value is -1.27. The van der Waals surface area contributed by atoms with Crippen LogP contribution in [0.4, 0.5) is 0 Å². The molecule has 0 bridgehead atoms. The van der Waals surface area contributed by atoms with Crippen molar-refractivity contribution in [3.8, 4) is 0 Å². The summed E-state index contributed by atoms with van der Waals surface area (Å²) >= 11 is -2.30. The largest absolute Gasteiger partial charge is 1.00 e. The van der Waals surface area contributed by atoms with Gasteiger partial charge in [0.05, 0.1) is 0 Å². The Morgan fingerprint density at radius 1 is 0.600 bits per heavy atom. The Balaban J connectivity index is 0.00000160. The van der Waals surface area contributed by atoms with Crippen molar-refractivity contribution in [1.82, 2.24) is 0 Å². The van der Waals surface area contributed by atoms with E-state index in [1.807, 2.05) is 0 Å². The molecule has 0 amide bonds. The summed E-state index contributed by atoms with van der Waals surface area (Å²) < 4.78 is 5.17. The van der Waals surface area contributed by atoms with Crippen molar-refractivity contribution in [2.24, 2.45) is 0 Å². The van der Waals surface area contributed by atoms with Crippen molar-refractivity contribution in [3.63, 3.8) is 0 Å². The van der Waals surface area contributed by atoms with E-state index in [0.29, 0.717) is 0 Å². The van der Waals surface area contributed by atoms with Gasteiger partial charge in [0.1, 0.15) is 0 Å². The van der Waals surface area contributed by atoms with Gasteiger partial charge >= 0.3 is 178 Å². The van der Waals surface area contributed by atoms with Crippen LogP contribution in [0.15, 0.2) is 102 Å². The van der Waals surface area contributed by atoms with Gasteiger partial charge in [-0.2, -0.15) is 0 Å². The van der Waals surface area contributed by atoms with Crippen molar-refractivity contribution in [3.05, 3.63) is 113 Å². The van der Waals surface area contributed by atoms with Gasteiger partial charge in [-0.05, 0) is 0 Å². The number of hydrogen-bond donors (Lipinski definition) is 0. The van der Waals surface area contributed by atoms with Crippen LogP contribution in [0.1, 0.15) is 51.7 Å². The molecule has 0 aliphatic heterocycles. The molecular formula is C27H28Cl2Zr. The van der Waals surface area contributed by atoms with Gasteiger partial charge in [0.2, 0.25) is 0 Å². The van der Waals surface area contributed by atoms with E-state index < -0.39 is 21.3 Å². The summed E-state index contributed by atoms with van der Waals surface area (Å²) in [6.45, 7) is 9.26. The fraction of sp³-hybridized carbons (Fsp3) is 0.222. The first kappa shape index (κ1) is 25.0. The summed E-state index contributed by atoms with van der Waals surface area (Å²) in [7, 11) is 0. The fourth-order valence-electron chi connectivity index (χ4n) is 4.57. The van der Waals surface area contributed by atoms with Gasteiger partial charge in [0, 0.05) is 0 Å². The number of benzene rings is 2. The monoisotopic (exact) mass is 512 g/mol. The Morgan fingerprint density at radius 3 is 1.27 bits per heavy atom. The maximum atomic E-state index is 2.43. The fourth-order valence-corrected chi connectivity index (χ4v) is 13.7. The van der Waals surface area contributed by atoms with Crippen LogP contribution >= 0.6 is 0 Å². The van der Waals surface area contributed by atoms with Crippen LogP contribution in [0.2, 0.25) is 0 Å². The molecule has 0 saturated carbocycles. The normalized spacial score (nSPS) is 15.0. The predicted octanol–water partition coefficient (Wildman–Crippen LogP) is 1.13. The molecule has 0 atom stereocenters. The van der Waals surface area contributed by atoms with Crippen LogP contribution in [-0.4, -0.2) is 3.21 Å². The van der Waals surface area contributed by atoms with Crippen molar-refractivity contribution in [1.29, 1.82) is 0 Å². The molecule has 2 aromatic rings. The minimum Gasteiger partial charge on any atom is -1.00 e. The Bertz CT molecular complexity index is 983. The second-order valence-electron chi connectivity index (χ2n) is 8.14. The van der Waals surface area contributed by atoms with Crippen LogP contribution in [0.25, 0.3) is 0 Å². The zero-order chi connectivity index (χ0) is 19.7. The minimum absolute atomic E-state index is 0. The molecule has 154 valence electrons. The summed E-state index contributed by atoms with van der Waals surface area (Å²) in [6.07, 6.45) is 7.18. The van der Waals surface area contributed by atoms with Crippen LogP contribution in [-0.2, 0) is 21.3 Å². The van der Waals surface area contributed by atoms with E-state index in [1.54, 1.807) is 9.77 Å². The molecule has 0 heterocycles. The molecule has 0 unspecified atom stereocenters. The summed E-state index contributed by atoms with van der Waals surface area (Å²) in [5, 5.41) is 0. The average Bonchev–Trinajstić information content (AvgIpc) is 3.20. The number of allylic oxidation sites excluding steroid dienone is 8. The summed E-state index contributed by atoms with van der Waals surface area (Å²) in [4.78, 5) is 0. The minimum atomic E-state index is -2.30. The first-order valence-corrected chi connectivity index (χ1v) is 13.8. The Morgan fingerprint density at radius 2 is 0.967 bits per heavy atom. The second-order valence-corrected chi connectivity index (χ2v) is 14.2. The third kappa shape index (κ3) is 5.13. The van der Waals surface area contributed by atoms with E-state index in [1.165, 1.54) is 46.3 Å². The molecule has 2 aliphatic carbocycles. The third-order valence-corrected chi connectivity index (χ3v) is 14.2. The van der Waals surface area contributed by atoms with Gasteiger partial charge in [0.25, 0.3) is 0 Å². The summed E-state index contributed by atoms with van der Waals surface area (Å²) in [6, 6.07) is 22.3. The van der Waals surface area contributed by atoms with Crippen LogP contribution in [0, 0.1) is 0 Å². The van der Waals surface area contributed by atoms with Gasteiger partial charge in [-0.25, -0.2) is 0 Å². The number of halogens is 2. The zero-order valence-corrected chi connectivity index (χ0v) is 22.1. The van der Waals surface area contributed by atoms with Crippen molar-refractivity contribution >= 4 is 3.21 Å². The quantitative estimate of drug-likeness (QED) is 0.574. The Labute approximate surface area is 201 Å². The molecule has 0 spiro atoms. The van der Waals surface area contributed by atoms with E-state index in [9.17, 15) is 0 Å². The predicted molar refractivity (Wildman–Crippen MR) is 118 cm³/mol. The van der Waals surface area contributed by atoms with Crippen LogP contribution in [0.5, 0.6) is 0 Å². The molecule has 4 rings (SSSR count). The van der Waals surface area contributed by atoms with E-state index in [-0.39, 0.29) is 24.8 Å². The molecular weight excluding hydrogens is 486 g/mol. The van der Waals surface area contributed by atoms with Gasteiger partial charge in [0.15, 0.2) is 0 Å². The summed E-state index contributed by atoms with van der Waals surface area (Å²) in [5.41, 5.74) is 8.93. The first-order valence-electron chi connectivity index (χ1n) is 10.1. The molecule has 0 aromatic heterocycles. The van der Waals surface area contributed by atoms with E-state index in [0.717, 1.165) is 0 Å².